The van der Waals surface area contributed by atoms with E-state index in [-0.39, 0.29) is 10.2 Å². The van der Waals surface area contributed by atoms with Crippen LogP contribution in [0.1, 0.15) is 88.0 Å². The Hall–Kier alpha value is 0.447. The SMILES string of the molecule is CC(C)[Si](OCCC(O)[C@@H]1O[C@@H]2C[C@H](C)CC[C@H]2C(C)(C)S1)(C(C)C)C(C)C. The minimum absolute atomic E-state index is 0.127. The Kier molecular flexibility index (Phi) is 8.58. The summed E-state index contributed by atoms with van der Waals surface area (Å²) in [6.45, 7) is 21.6. The monoisotopic (exact) mass is 430 g/mol. The van der Waals surface area contributed by atoms with Crippen molar-refractivity contribution in [2.24, 2.45) is 11.8 Å². The van der Waals surface area contributed by atoms with Crippen LogP contribution in [0.15, 0.2) is 0 Å². The molecule has 1 saturated carbocycles. The average Bonchev–Trinajstić information content (AvgIpc) is 2.56. The maximum absolute atomic E-state index is 11.0. The van der Waals surface area contributed by atoms with Gasteiger partial charge in [0.2, 0.25) is 0 Å². The highest BCUT2D eigenvalue weighted by Gasteiger charge is 2.48. The molecule has 0 aromatic rings. The van der Waals surface area contributed by atoms with Gasteiger partial charge in [-0.05, 0) is 47.7 Å². The summed E-state index contributed by atoms with van der Waals surface area (Å²) in [5, 5.41) is 11.0. The predicted octanol–water partition coefficient (Wildman–Crippen LogP) is 6.60. The van der Waals surface area contributed by atoms with Gasteiger partial charge >= 0.3 is 0 Å². The fraction of sp³-hybridized carbons (Fsp3) is 1.00. The molecule has 166 valence electrons. The van der Waals surface area contributed by atoms with Gasteiger partial charge < -0.3 is 14.3 Å². The highest BCUT2D eigenvalue weighted by molar-refractivity contribution is 8.01. The third-order valence-electron chi connectivity index (χ3n) is 7.46. The minimum Gasteiger partial charge on any atom is -0.416 e. The van der Waals surface area contributed by atoms with Crippen LogP contribution in [-0.2, 0) is 9.16 Å². The lowest BCUT2D eigenvalue weighted by atomic mass is 9.75. The fourth-order valence-corrected chi connectivity index (χ4v) is 13.0. The van der Waals surface area contributed by atoms with E-state index in [0.717, 1.165) is 12.3 Å². The molecule has 0 radical (unpaired) electrons. The van der Waals surface area contributed by atoms with E-state index in [0.29, 0.717) is 41.7 Å². The Balaban J connectivity index is 1.98. The van der Waals surface area contributed by atoms with Gasteiger partial charge in [0.25, 0.3) is 0 Å². The largest absolute Gasteiger partial charge is 0.416 e. The molecular formula is C23H46O3SSi. The quantitative estimate of drug-likeness (QED) is 0.440. The number of aliphatic hydroxyl groups excluding tert-OH is 1. The summed E-state index contributed by atoms with van der Waals surface area (Å²) in [6.07, 6.45) is 4.21. The summed E-state index contributed by atoms with van der Waals surface area (Å²) in [7, 11) is -1.87. The van der Waals surface area contributed by atoms with Crippen molar-refractivity contribution in [3.63, 3.8) is 0 Å². The molecule has 2 rings (SSSR count). The zero-order valence-corrected chi connectivity index (χ0v) is 21.6. The molecule has 2 aliphatic rings. The molecule has 1 heterocycles. The van der Waals surface area contributed by atoms with E-state index >= 15 is 0 Å². The minimum atomic E-state index is -1.87. The van der Waals surface area contributed by atoms with Crippen molar-refractivity contribution < 1.29 is 14.3 Å². The van der Waals surface area contributed by atoms with E-state index in [2.05, 4.69) is 62.3 Å². The third kappa shape index (κ3) is 5.19. The van der Waals surface area contributed by atoms with Gasteiger partial charge in [-0.2, -0.15) is 0 Å². The lowest BCUT2D eigenvalue weighted by Crippen LogP contribution is -2.52. The predicted molar refractivity (Wildman–Crippen MR) is 124 cm³/mol. The van der Waals surface area contributed by atoms with Gasteiger partial charge in [-0.3, -0.25) is 0 Å². The van der Waals surface area contributed by atoms with Crippen molar-refractivity contribution >= 4 is 20.1 Å². The van der Waals surface area contributed by atoms with E-state index in [9.17, 15) is 5.11 Å². The molecule has 2 fully saturated rings. The zero-order chi connectivity index (χ0) is 21.3. The second-order valence-corrected chi connectivity index (χ2v) is 18.0. The third-order valence-corrected chi connectivity index (χ3v) is 15.1. The number of rotatable bonds is 8. The van der Waals surface area contributed by atoms with Crippen molar-refractivity contribution in [1.82, 2.24) is 0 Å². The first-order valence-electron chi connectivity index (χ1n) is 11.6. The first-order valence-corrected chi connectivity index (χ1v) is 14.6. The summed E-state index contributed by atoms with van der Waals surface area (Å²) in [5.41, 5.74) is 1.61. The second-order valence-electron chi connectivity index (χ2n) is 10.8. The van der Waals surface area contributed by atoms with Gasteiger partial charge in [0, 0.05) is 11.4 Å². The molecule has 0 aromatic heterocycles. The lowest BCUT2D eigenvalue weighted by molar-refractivity contribution is -0.0957. The molecule has 3 nitrogen and oxygen atoms in total. The summed E-state index contributed by atoms with van der Waals surface area (Å²) in [5.74, 6) is 1.34. The van der Waals surface area contributed by atoms with Crippen LogP contribution in [0.4, 0.5) is 0 Å². The smallest absolute Gasteiger partial charge is 0.200 e. The first-order chi connectivity index (χ1) is 12.9. The molecule has 0 aromatic carbocycles. The van der Waals surface area contributed by atoms with Gasteiger partial charge in [0.1, 0.15) is 5.44 Å². The Morgan fingerprint density at radius 1 is 1.07 bits per heavy atom. The van der Waals surface area contributed by atoms with Crippen molar-refractivity contribution in [3.8, 4) is 0 Å². The van der Waals surface area contributed by atoms with Crippen LogP contribution in [0.5, 0.6) is 0 Å². The van der Waals surface area contributed by atoms with Gasteiger partial charge in [-0.25, -0.2) is 0 Å². The van der Waals surface area contributed by atoms with Gasteiger partial charge in [0.15, 0.2) is 8.32 Å². The van der Waals surface area contributed by atoms with Gasteiger partial charge in [-0.15, -0.1) is 11.8 Å². The number of thioether (sulfide) groups is 1. The fourth-order valence-electron chi connectivity index (χ4n) is 6.02. The maximum Gasteiger partial charge on any atom is 0.200 e. The van der Waals surface area contributed by atoms with E-state index in [4.69, 9.17) is 9.16 Å². The summed E-state index contributed by atoms with van der Waals surface area (Å²) in [6, 6.07) is 0. The molecule has 5 heteroatoms. The van der Waals surface area contributed by atoms with Gasteiger partial charge in [0.05, 0.1) is 12.2 Å². The topological polar surface area (TPSA) is 38.7 Å². The van der Waals surface area contributed by atoms with E-state index in [1.807, 2.05) is 11.8 Å². The van der Waals surface area contributed by atoms with Crippen LogP contribution >= 0.6 is 11.8 Å². The standard InChI is InChI=1S/C23H46O3SSi/c1-15(2)28(16(3)4,17(5)6)25-13-12-20(24)22-26-21-14-18(7)10-11-19(21)23(8,9)27-22/h15-22,24H,10-14H2,1-9H3/t18-,19-,20?,21-,22-/m1/s1. The Morgan fingerprint density at radius 2 is 1.64 bits per heavy atom. The normalized spacial score (nSPS) is 32.0. The first kappa shape index (κ1) is 24.7. The van der Waals surface area contributed by atoms with Crippen LogP contribution in [0.25, 0.3) is 0 Å². The van der Waals surface area contributed by atoms with E-state index in [1.165, 1.54) is 12.8 Å². The number of aliphatic hydroxyl groups is 1. The number of fused-ring (bicyclic) bond motifs is 1. The molecular weight excluding hydrogens is 384 g/mol. The highest BCUT2D eigenvalue weighted by Crippen LogP contribution is 2.51. The molecule has 1 saturated heterocycles. The molecule has 28 heavy (non-hydrogen) atoms. The Morgan fingerprint density at radius 3 is 2.18 bits per heavy atom. The van der Waals surface area contributed by atoms with Crippen LogP contribution in [0.2, 0.25) is 16.6 Å². The molecule has 1 aliphatic heterocycles. The molecule has 0 bridgehead atoms. The number of ether oxygens (including phenoxy) is 1. The van der Waals surface area contributed by atoms with E-state index < -0.39 is 14.4 Å². The van der Waals surface area contributed by atoms with Crippen molar-refractivity contribution in [3.05, 3.63) is 0 Å². The number of hydrogen-bond donors (Lipinski definition) is 1. The Labute approximate surface area is 179 Å². The van der Waals surface area contributed by atoms with Crippen LogP contribution in [-0.4, -0.2) is 42.4 Å². The maximum atomic E-state index is 11.0. The van der Waals surface area contributed by atoms with Crippen LogP contribution < -0.4 is 0 Å². The lowest BCUT2D eigenvalue weighted by Gasteiger charge is -2.51. The molecule has 5 atom stereocenters. The van der Waals surface area contributed by atoms with Crippen LogP contribution in [0.3, 0.4) is 0 Å². The average molecular weight is 431 g/mol. The molecule has 0 spiro atoms. The van der Waals surface area contributed by atoms with Crippen molar-refractivity contribution in [1.29, 1.82) is 0 Å². The second kappa shape index (κ2) is 9.72. The van der Waals surface area contributed by atoms with Crippen molar-refractivity contribution in [2.45, 2.75) is 127 Å². The number of hydrogen-bond acceptors (Lipinski definition) is 4. The van der Waals surface area contributed by atoms with Gasteiger partial charge in [-0.1, -0.05) is 68.7 Å². The molecule has 1 unspecified atom stereocenters. The van der Waals surface area contributed by atoms with Crippen LogP contribution in [0, 0.1) is 11.8 Å². The molecule has 1 aliphatic carbocycles. The zero-order valence-electron chi connectivity index (χ0n) is 19.8. The Bertz CT molecular complexity index is 472. The molecule has 1 N–H and O–H groups in total. The van der Waals surface area contributed by atoms with Crippen molar-refractivity contribution in [2.75, 3.05) is 6.61 Å². The summed E-state index contributed by atoms with van der Waals surface area (Å²) in [4.78, 5) is 0. The summed E-state index contributed by atoms with van der Waals surface area (Å²) < 4.78 is 13.3. The van der Waals surface area contributed by atoms with E-state index in [1.54, 1.807) is 0 Å². The highest BCUT2D eigenvalue weighted by atomic mass is 32.2. The molecule has 0 amide bonds. The summed E-state index contributed by atoms with van der Waals surface area (Å²) >= 11 is 1.84.